The van der Waals surface area contributed by atoms with Crippen molar-refractivity contribution >= 4 is 33.2 Å². The highest BCUT2D eigenvalue weighted by Gasteiger charge is 2.30. The summed E-state index contributed by atoms with van der Waals surface area (Å²) in [6, 6.07) is 12.2. The fourth-order valence-corrected chi connectivity index (χ4v) is 5.54. The van der Waals surface area contributed by atoms with E-state index in [1.807, 2.05) is 31.3 Å². The van der Waals surface area contributed by atoms with Gasteiger partial charge in [0.2, 0.25) is 10.0 Å². The molecular formula is C21H24ClN3O3S. The van der Waals surface area contributed by atoms with Gasteiger partial charge in [0.05, 0.1) is 15.5 Å². The molecule has 2 heterocycles. The molecule has 0 atom stereocenters. The molecule has 0 bridgehead atoms. The number of halogens is 1. The summed E-state index contributed by atoms with van der Waals surface area (Å²) in [6.45, 7) is 2.82. The molecule has 154 valence electrons. The first-order valence-electron chi connectivity index (χ1n) is 9.76. The summed E-state index contributed by atoms with van der Waals surface area (Å²) in [6.07, 6.45) is 1.78. The van der Waals surface area contributed by atoms with Crippen molar-refractivity contribution in [1.82, 2.24) is 9.21 Å². The summed E-state index contributed by atoms with van der Waals surface area (Å²) in [4.78, 5) is 17.2. The number of hydrogen-bond acceptors (Lipinski definition) is 4. The topological polar surface area (TPSA) is 60.9 Å². The molecule has 2 aliphatic rings. The third-order valence-electron chi connectivity index (χ3n) is 5.62. The van der Waals surface area contributed by atoms with Gasteiger partial charge in [0.25, 0.3) is 5.91 Å². The molecule has 2 aliphatic heterocycles. The molecule has 0 unspecified atom stereocenters. The molecule has 0 aromatic heterocycles. The second-order valence-electron chi connectivity index (χ2n) is 7.54. The van der Waals surface area contributed by atoms with Crippen molar-refractivity contribution in [2.45, 2.75) is 17.7 Å². The van der Waals surface area contributed by atoms with Crippen LogP contribution in [0.1, 0.15) is 22.3 Å². The zero-order valence-corrected chi connectivity index (χ0v) is 17.9. The molecule has 2 aromatic rings. The van der Waals surface area contributed by atoms with Gasteiger partial charge in [0.15, 0.2) is 0 Å². The molecule has 2 aromatic carbocycles. The van der Waals surface area contributed by atoms with E-state index in [2.05, 4.69) is 4.90 Å². The van der Waals surface area contributed by atoms with Crippen molar-refractivity contribution in [3.63, 3.8) is 0 Å². The van der Waals surface area contributed by atoms with Gasteiger partial charge in [-0.05, 0) is 49.7 Å². The Morgan fingerprint density at radius 2 is 1.72 bits per heavy atom. The van der Waals surface area contributed by atoms with E-state index in [1.54, 1.807) is 4.90 Å². The lowest BCUT2D eigenvalue weighted by atomic mass is 10.0. The Hall–Kier alpha value is -1.93. The number of para-hydroxylation sites is 1. The Kier molecular flexibility index (Phi) is 5.66. The number of hydrogen-bond donors (Lipinski definition) is 0. The smallest absolute Gasteiger partial charge is 0.259 e. The summed E-state index contributed by atoms with van der Waals surface area (Å²) in [7, 11) is -1.70. The lowest BCUT2D eigenvalue weighted by Crippen LogP contribution is -2.47. The molecular weight excluding hydrogens is 410 g/mol. The number of nitrogens with zero attached hydrogens (tertiary/aromatic N) is 3. The molecule has 1 amide bonds. The van der Waals surface area contributed by atoms with Crippen molar-refractivity contribution in [1.29, 1.82) is 0 Å². The number of rotatable bonds is 3. The molecule has 0 aliphatic carbocycles. The minimum atomic E-state index is -3.67. The third-order valence-corrected chi connectivity index (χ3v) is 7.85. The van der Waals surface area contributed by atoms with Crippen molar-refractivity contribution in [3.05, 3.63) is 58.6 Å². The number of aryl methyl sites for hydroxylation is 1. The maximum Gasteiger partial charge on any atom is 0.259 e. The lowest BCUT2D eigenvalue weighted by Gasteiger charge is -2.32. The van der Waals surface area contributed by atoms with Gasteiger partial charge >= 0.3 is 0 Å². The van der Waals surface area contributed by atoms with Gasteiger partial charge in [-0.3, -0.25) is 4.79 Å². The van der Waals surface area contributed by atoms with Crippen LogP contribution in [0, 0.1) is 0 Å². The number of piperazine rings is 1. The van der Waals surface area contributed by atoms with Gasteiger partial charge in [-0.1, -0.05) is 29.8 Å². The van der Waals surface area contributed by atoms with Crippen LogP contribution in [-0.4, -0.2) is 63.3 Å². The van der Waals surface area contributed by atoms with Crippen molar-refractivity contribution < 1.29 is 13.2 Å². The number of carbonyl (C=O) groups is 1. The first kappa shape index (κ1) is 20.3. The Bertz CT molecular complexity index is 1030. The summed E-state index contributed by atoms with van der Waals surface area (Å²) in [5.74, 6) is -0.266. The molecule has 4 rings (SSSR count). The first-order valence-corrected chi connectivity index (χ1v) is 11.6. The van der Waals surface area contributed by atoms with Crippen molar-refractivity contribution in [2.24, 2.45) is 0 Å². The van der Waals surface area contributed by atoms with Gasteiger partial charge in [0.1, 0.15) is 0 Å². The van der Waals surface area contributed by atoms with Gasteiger partial charge in [0, 0.05) is 38.4 Å². The molecule has 1 fully saturated rings. The maximum absolute atomic E-state index is 13.3. The number of amides is 1. The summed E-state index contributed by atoms with van der Waals surface area (Å²) >= 11 is 6.33. The number of anilines is 1. The normalized spacial score (nSPS) is 18.5. The number of carbonyl (C=O) groups excluding carboxylic acids is 1. The second-order valence-corrected chi connectivity index (χ2v) is 9.88. The van der Waals surface area contributed by atoms with E-state index in [0.29, 0.717) is 32.7 Å². The Morgan fingerprint density at radius 1 is 1.00 bits per heavy atom. The van der Waals surface area contributed by atoms with Crippen LogP contribution in [-0.2, 0) is 16.4 Å². The second kappa shape index (κ2) is 8.07. The van der Waals surface area contributed by atoms with E-state index in [4.69, 9.17) is 11.6 Å². The summed E-state index contributed by atoms with van der Waals surface area (Å²) in [5.41, 5.74) is 2.20. The predicted octanol–water partition coefficient (Wildman–Crippen LogP) is 2.87. The SMILES string of the molecule is CN1CCN(S(=O)(=O)c2ccc(Cl)c(C(=O)N3CCCc4ccccc43)c2)CC1. The minimum Gasteiger partial charge on any atom is -0.308 e. The number of fused-ring (bicyclic) bond motifs is 1. The molecule has 6 nitrogen and oxygen atoms in total. The van der Waals surface area contributed by atoms with Crippen LogP contribution in [0.25, 0.3) is 0 Å². The first-order chi connectivity index (χ1) is 13.9. The van der Waals surface area contributed by atoms with Gasteiger partial charge < -0.3 is 9.80 Å². The van der Waals surface area contributed by atoms with E-state index in [9.17, 15) is 13.2 Å². The summed E-state index contributed by atoms with van der Waals surface area (Å²) in [5, 5.41) is 0.260. The lowest BCUT2D eigenvalue weighted by molar-refractivity contribution is 0.0985. The molecule has 0 radical (unpaired) electrons. The van der Waals surface area contributed by atoms with Crippen LogP contribution in [0.4, 0.5) is 5.69 Å². The van der Waals surface area contributed by atoms with E-state index >= 15 is 0 Å². The standard InChI is InChI=1S/C21H24ClN3O3S/c1-23-11-13-24(14-12-23)29(27,28)17-8-9-19(22)18(15-17)21(26)25-10-4-6-16-5-2-3-7-20(16)25/h2-3,5,7-9,15H,4,6,10-14H2,1H3. The molecule has 29 heavy (non-hydrogen) atoms. The van der Waals surface area contributed by atoms with Gasteiger partial charge in [-0.25, -0.2) is 8.42 Å². The molecule has 1 saturated heterocycles. The van der Waals surface area contributed by atoms with Crippen LogP contribution in [0.15, 0.2) is 47.4 Å². The van der Waals surface area contributed by atoms with Crippen LogP contribution in [0.5, 0.6) is 0 Å². The van der Waals surface area contributed by atoms with E-state index in [0.717, 1.165) is 24.1 Å². The zero-order chi connectivity index (χ0) is 20.6. The maximum atomic E-state index is 13.3. The zero-order valence-electron chi connectivity index (χ0n) is 16.3. The Morgan fingerprint density at radius 3 is 2.48 bits per heavy atom. The van der Waals surface area contributed by atoms with Crippen LogP contribution < -0.4 is 4.90 Å². The van der Waals surface area contributed by atoms with E-state index < -0.39 is 10.0 Å². The number of sulfonamides is 1. The molecule has 0 saturated carbocycles. The Balaban J connectivity index is 1.67. The van der Waals surface area contributed by atoms with E-state index in [-0.39, 0.29) is 21.4 Å². The molecule has 8 heteroatoms. The highest BCUT2D eigenvalue weighted by atomic mass is 35.5. The van der Waals surface area contributed by atoms with Crippen molar-refractivity contribution in [2.75, 3.05) is 44.7 Å². The highest BCUT2D eigenvalue weighted by Crippen LogP contribution is 2.31. The fourth-order valence-electron chi connectivity index (χ4n) is 3.90. The number of benzene rings is 2. The van der Waals surface area contributed by atoms with E-state index in [1.165, 1.54) is 22.5 Å². The van der Waals surface area contributed by atoms with Gasteiger partial charge in [-0.15, -0.1) is 0 Å². The summed E-state index contributed by atoms with van der Waals surface area (Å²) < 4.78 is 27.7. The minimum absolute atomic E-state index is 0.111. The van der Waals surface area contributed by atoms with Crippen LogP contribution >= 0.6 is 11.6 Å². The molecule has 0 spiro atoms. The fraction of sp³-hybridized carbons (Fsp3) is 0.381. The monoisotopic (exact) mass is 433 g/mol. The quantitative estimate of drug-likeness (QED) is 0.746. The third kappa shape index (κ3) is 3.92. The Labute approximate surface area is 176 Å². The highest BCUT2D eigenvalue weighted by molar-refractivity contribution is 7.89. The molecule has 0 N–H and O–H groups in total. The number of likely N-dealkylation sites (N-methyl/N-ethyl adjacent to an activating group) is 1. The predicted molar refractivity (Wildman–Crippen MR) is 114 cm³/mol. The van der Waals surface area contributed by atoms with Crippen LogP contribution in [0.3, 0.4) is 0 Å². The average molecular weight is 434 g/mol. The largest absolute Gasteiger partial charge is 0.308 e. The van der Waals surface area contributed by atoms with Crippen LogP contribution in [0.2, 0.25) is 5.02 Å². The van der Waals surface area contributed by atoms with Gasteiger partial charge in [-0.2, -0.15) is 4.31 Å². The average Bonchev–Trinajstić information content (AvgIpc) is 2.73. The van der Waals surface area contributed by atoms with Crippen molar-refractivity contribution in [3.8, 4) is 0 Å².